The Morgan fingerprint density at radius 2 is 2.38 bits per heavy atom. The van der Waals surface area contributed by atoms with Crippen LogP contribution in [-0.4, -0.2) is 43.4 Å². The van der Waals surface area contributed by atoms with Gasteiger partial charge in [0.15, 0.2) is 9.84 Å². The van der Waals surface area contributed by atoms with E-state index in [9.17, 15) is 13.2 Å². The first-order chi connectivity index (χ1) is 9.89. The van der Waals surface area contributed by atoms with Gasteiger partial charge >= 0.3 is 0 Å². The third-order valence-electron chi connectivity index (χ3n) is 3.40. The third-order valence-corrected chi connectivity index (χ3v) is 6.46. The summed E-state index contributed by atoms with van der Waals surface area (Å²) in [5.41, 5.74) is 0. The van der Waals surface area contributed by atoms with E-state index in [1.807, 2.05) is 13.1 Å². The lowest BCUT2D eigenvalue weighted by atomic mass is 10.2. The zero-order chi connectivity index (χ0) is 15.5. The van der Waals surface area contributed by atoms with Crippen LogP contribution in [0.5, 0.6) is 0 Å². The quantitative estimate of drug-likeness (QED) is 0.827. The van der Waals surface area contributed by atoms with Gasteiger partial charge in [-0.1, -0.05) is 6.92 Å². The molecule has 2 unspecified atom stereocenters. The van der Waals surface area contributed by atoms with E-state index in [1.165, 1.54) is 4.88 Å². The van der Waals surface area contributed by atoms with Gasteiger partial charge in [0, 0.05) is 30.1 Å². The first-order valence-electron chi connectivity index (χ1n) is 7.07. The average molecular weight is 331 g/mol. The van der Waals surface area contributed by atoms with Crippen LogP contribution in [0, 0.1) is 0 Å². The molecule has 1 aromatic heterocycles. The van der Waals surface area contributed by atoms with Gasteiger partial charge in [-0.15, -0.1) is 11.3 Å². The van der Waals surface area contributed by atoms with Crippen molar-refractivity contribution in [2.24, 2.45) is 0 Å². The second kappa shape index (κ2) is 6.85. The summed E-state index contributed by atoms with van der Waals surface area (Å²) in [6.07, 6.45) is 2.94. The van der Waals surface area contributed by atoms with Gasteiger partial charge in [0.25, 0.3) is 0 Å². The maximum Gasteiger partial charge on any atom is 0.222 e. The highest BCUT2D eigenvalue weighted by Crippen LogP contribution is 2.20. The van der Waals surface area contributed by atoms with Crippen molar-refractivity contribution >= 4 is 27.1 Å². The Hall–Kier alpha value is -0.990. The molecule has 1 fully saturated rings. The average Bonchev–Trinajstić information content (AvgIpc) is 2.86. The zero-order valence-electron chi connectivity index (χ0n) is 12.3. The Kier molecular flexibility index (Phi) is 5.34. The van der Waals surface area contributed by atoms with Gasteiger partial charge < -0.3 is 10.6 Å². The Bertz CT molecular complexity index is 598. The number of hydrogen-bond donors (Lipinski definition) is 2. The van der Waals surface area contributed by atoms with E-state index < -0.39 is 9.84 Å². The van der Waals surface area contributed by atoms with Crippen molar-refractivity contribution in [2.75, 3.05) is 18.1 Å². The molecule has 0 saturated carbocycles. The van der Waals surface area contributed by atoms with Crippen molar-refractivity contribution in [3.8, 4) is 0 Å². The monoisotopic (exact) mass is 331 g/mol. The van der Waals surface area contributed by atoms with Gasteiger partial charge in [0.05, 0.1) is 17.5 Å². The number of rotatable bonds is 5. The van der Waals surface area contributed by atoms with E-state index in [2.05, 4.69) is 22.5 Å². The fourth-order valence-electron chi connectivity index (χ4n) is 2.27. The summed E-state index contributed by atoms with van der Waals surface area (Å²) in [5.74, 6) is 0.0391. The molecule has 21 heavy (non-hydrogen) atoms. The van der Waals surface area contributed by atoms with Crippen LogP contribution in [0.15, 0.2) is 6.20 Å². The molecule has 0 bridgehead atoms. The first kappa shape index (κ1) is 16.4. The molecular weight excluding hydrogens is 310 g/mol. The van der Waals surface area contributed by atoms with Crippen molar-refractivity contribution in [1.29, 1.82) is 0 Å². The normalized spacial score (nSPS) is 22.7. The Morgan fingerprint density at radius 1 is 1.62 bits per heavy atom. The maximum absolute atomic E-state index is 12.0. The highest BCUT2D eigenvalue weighted by Gasteiger charge is 2.26. The van der Waals surface area contributed by atoms with Crippen LogP contribution in [0.1, 0.15) is 36.2 Å². The summed E-state index contributed by atoms with van der Waals surface area (Å²) < 4.78 is 23.1. The van der Waals surface area contributed by atoms with Crippen LogP contribution in [0.3, 0.4) is 0 Å². The lowest BCUT2D eigenvalue weighted by molar-refractivity contribution is -0.122. The number of hydrogen-bond acceptors (Lipinski definition) is 6. The van der Waals surface area contributed by atoms with Crippen molar-refractivity contribution in [1.82, 2.24) is 15.6 Å². The molecule has 0 aromatic carbocycles. The number of carbonyl (C=O) groups excluding carboxylic acids is 1. The molecule has 2 heterocycles. The van der Waals surface area contributed by atoms with Crippen LogP contribution in [0.2, 0.25) is 0 Å². The molecule has 1 aliphatic rings. The van der Waals surface area contributed by atoms with Crippen LogP contribution in [0.25, 0.3) is 0 Å². The number of nitrogens with one attached hydrogen (secondary N) is 2. The van der Waals surface area contributed by atoms with Gasteiger partial charge in [-0.2, -0.15) is 0 Å². The molecule has 6 nitrogen and oxygen atoms in total. The Morgan fingerprint density at radius 3 is 3.00 bits per heavy atom. The molecule has 1 aromatic rings. The SMILES string of the molecule is CCc1cnc(C(C)NC(=O)CC2CS(=O)(=O)CCN2)s1. The largest absolute Gasteiger partial charge is 0.347 e. The minimum Gasteiger partial charge on any atom is -0.347 e. The fraction of sp³-hybridized carbons (Fsp3) is 0.692. The van der Waals surface area contributed by atoms with Crippen molar-refractivity contribution in [2.45, 2.75) is 38.8 Å². The molecule has 1 saturated heterocycles. The lowest BCUT2D eigenvalue weighted by Gasteiger charge is -2.23. The molecule has 8 heteroatoms. The highest BCUT2D eigenvalue weighted by molar-refractivity contribution is 7.91. The minimum absolute atomic E-state index is 0.0338. The van der Waals surface area contributed by atoms with Crippen LogP contribution >= 0.6 is 11.3 Å². The van der Waals surface area contributed by atoms with Gasteiger partial charge in [0.2, 0.25) is 5.91 Å². The summed E-state index contributed by atoms with van der Waals surface area (Å²) in [6.45, 7) is 4.37. The molecule has 0 spiro atoms. The minimum atomic E-state index is -3.01. The molecular formula is C13H21N3O3S2. The van der Waals surface area contributed by atoms with Crippen molar-refractivity contribution in [3.05, 3.63) is 16.1 Å². The summed E-state index contributed by atoms with van der Waals surface area (Å²) in [6, 6.07) is -0.443. The number of sulfone groups is 1. The van der Waals surface area contributed by atoms with Crippen molar-refractivity contribution < 1.29 is 13.2 Å². The van der Waals surface area contributed by atoms with Gasteiger partial charge in [-0.05, 0) is 13.3 Å². The second-order valence-electron chi connectivity index (χ2n) is 5.28. The zero-order valence-corrected chi connectivity index (χ0v) is 13.9. The first-order valence-corrected chi connectivity index (χ1v) is 9.71. The van der Waals surface area contributed by atoms with E-state index in [-0.39, 0.29) is 35.9 Å². The maximum atomic E-state index is 12.0. The van der Waals surface area contributed by atoms with Gasteiger partial charge in [0.1, 0.15) is 5.01 Å². The fourth-order valence-corrected chi connectivity index (χ4v) is 4.57. The molecule has 1 amide bonds. The van der Waals surface area contributed by atoms with Crippen LogP contribution in [-0.2, 0) is 21.1 Å². The van der Waals surface area contributed by atoms with E-state index in [0.29, 0.717) is 6.54 Å². The smallest absolute Gasteiger partial charge is 0.222 e. The third kappa shape index (κ3) is 4.76. The number of thiazole rings is 1. The van der Waals surface area contributed by atoms with Crippen LogP contribution in [0.4, 0.5) is 0 Å². The summed E-state index contributed by atoms with van der Waals surface area (Å²) in [5, 5.41) is 6.84. The predicted octanol–water partition coefficient (Wildman–Crippen LogP) is 0.659. The number of aryl methyl sites for hydroxylation is 1. The van der Waals surface area contributed by atoms with Crippen molar-refractivity contribution in [3.63, 3.8) is 0 Å². The summed E-state index contributed by atoms with van der Waals surface area (Å²) in [4.78, 5) is 17.5. The topological polar surface area (TPSA) is 88.2 Å². The number of aromatic nitrogens is 1. The molecule has 2 N–H and O–H groups in total. The van der Waals surface area contributed by atoms with E-state index in [4.69, 9.17) is 0 Å². The Balaban J connectivity index is 1.86. The van der Waals surface area contributed by atoms with E-state index in [1.54, 1.807) is 11.3 Å². The van der Waals surface area contributed by atoms with Gasteiger partial charge in [-0.25, -0.2) is 13.4 Å². The number of carbonyl (C=O) groups is 1. The lowest BCUT2D eigenvalue weighted by Crippen LogP contribution is -2.47. The molecule has 118 valence electrons. The summed E-state index contributed by atoms with van der Waals surface area (Å²) in [7, 11) is -3.01. The van der Waals surface area contributed by atoms with E-state index in [0.717, 1.165) is 11.4 Å². The number of nitrogens with zero attached hydrogens (tertiary/aromatic N) is 1. The molecule has 2 rings (SSSR count). The Labute approximate surface area is 129 Å². The van der Waals surface area contributed by atoms with Crippen LogP contribution < -0.4 is 10.6 Å². The molecule has 0 aliphatic carbocycles. The summed E-state index contributed by atoms with van der Waals surface area (Å²) >= 11 is 1.59. The molecule has 1 aliphatic heterocycles. The standard InChI is InChI=1S/C13H21N3O3S2/c1-3-11-7-15-13(20-11)9(2)16-12(17)6-10-8-21(18,19)5-4-14-10/h7,9-10,14H,3-6,8H2,1-2H3,(H,16,17). The number of amides is 1. The highest BCUT2D eigenvalue weighted by atomic mass is 32.2. The van der Waals surface area contributed by atoms with Gasteiger partial charge in [-0.3, -0.25) is 4.79 Å². The predicted molar refractivity (Wildman–Crippen MR) is 83.1 cm³/mol. The second-order valence-corrected chi connectivity index (χ2v) is 8.65. The van der Waals surface area contributed by atoms with E-state index >= 15 is 0 Å². The molecule has 2 atom stereocenters. The molecule has 0 radical (unpaired) electrons.